The van der Waals surface area contributed by atoms with Gasteiger partial charge in [0.15, 0.2) is 12.4 Å². The number of carboxylic acids is 1. The minimum atomic E-state index is -1.82. The smallest absolute Gasteiger partial charge is 0.335 e. The number of rotatable bonds is 10. The van der Waals surface area contributed by atoms with Gasteiger partial charge in [0, 0.05) is 12.8 Å². The van der Waals surface area contributed by atoms with E-state index in [0.717, 1.165) is 11.1 Å². The first-order valence-corrected chi connectivity index (χ1v) is 10.7. The molecule has 4 N–H and O–H groups in total. The van der Waals surface area contributed by atoms with Crippen LogP contribution >= 0.6 is 0 Å². The topological polar surface area (TPSA) is 134 Å². The van der Waals surface area contributed by atoms with Crippen LogP contribution in [0.3, 0.4) is 0 Å². The number of aliphatic hydroxyl groups is 3. The van der Waals surface area contributed by atoms with Crippen molar-refractivity contribution in [3.8, 4) is 0 Å². The molecular formula is C25H28O8. The van der Waals surface area contributed by atoms with Crippen molar-refractivity contribution in [2.24, 2.45) is 0 Å². The number of carboxylic acid groups (broad SMARTS) is 1. The van der Waals surface area contributed by atoms with Crippen LogP contribution in [0.5, 0.6) is 0 Å². The van der Waals surface area contributed by atoms with E-state index in [9.17, 15) is 30.0 Å². The maximum Gasteiger partial charge on any atom is 0.335 e. The molecule has 33 heavy (non-hydrogen) atoms. The quantitative estimate of drug-likeness (QED) is 0.423. The van der Waals surface area contributed by atoms with E-state index >= 15 is 0 Å². The molecule has 1 heterocycles. The summed E-state index contributed by atoms with van der Waals surface area (Å²) < 4.78 is 10.9. The van der Waals surface area contributed by atoms with Gasteiger partial charge in [-0.05, 0) is 17.5 Å². The summed E-state index contributed by atoms with van der Waals surface area (Å²) >= 11 is 0. The summed E-state index contributed by atoms with van der Waals surface area (Å²) in [6, 6.07) is 18.8. The first kappa shape index (κ1) is 24.8. The lowest BCUT2D eigenvalue weighted by molar-refractivity contribution is -0.300. The number of benzene rings is 2. The lowest BCUT2D eigenvalue weighted by Gasteiger charge is -2.39. The molecule has 0 radical (unpaired) electrons. The van der Waals surface area contributed by atoms with Crippen LogP contribution < -0.4 is 0 Å². The second-order valence-corrected chi connectivity index (χ2v) is 7.91. The van der Waals surface area contributed by atoms with Crippen LogP contribution in [0.4, 0.5) is 0 Å². The highest BCUT2D eigenvalue weighted by atomic mass is 16.7. The van der Waals surface area contributed by atoms with Crippen LogP contribution in [0.15, 0.2) is 66.7 Å². The standard InChI is InChI=1S/C25H28O8/c26-18(13-11-16-7-3-1-4-8-16)15-19(14-12-17-9-5-2-6-10-17)32-25-22(29)20(27)21(28)23(33-25)24(30)31/h1-10,12,14,19-23,25,27-29H,11,13,15H2,(H,30,31)/b14-12+. The molecule has 1 saturated heterocycles. The molecule has 0 saturated carbocycles. The fourth-order valence-corrected chi connectivity index (χ4v) is 3.54. The molecule has 3 rings (SSSR count). The van der Waals surface area contributed by atoms with Gasteiger partial charge in [-0.1, -0.05) is 72.8 Å². The van der Waals surface area contributed by atoms with Crippen molar-refractivity contribution >= 4 is 17.8 Å². The Morgan fingerprint density at radius 1 is 0.939 bits per heavy atom. The number of aliphatic carboxylic acids is 1. The fourth-order valence-electron chi connectivity index (χ4n) is 3.54. The molecule has 0 aromatic heterocycles. The van der Waals surface area contributed by atoms with Crippen LogP contribution in [0.1, 0.15) is 24.0 Å². The number of aryl methyl sites for hydroxylation is 1. The average Bonchev–Trinajstić information content (AvgIpc) is 2.82. The van der Waals surface area contributed by atoms with E-state index in [1.54, 1.807) is 12.2 Å². The molecule has 2 aromatic carbocycles. The Kier molecular flexibility index (Phi) is 8.87. The van der Waals surface area contributed by atoms with Crippen LogP contribution in [-0.4, -0.2) is 69.0 Å². The zero-order chi connectivity index (χ0) is 23.8. The van der Waals surface area contributed by atoms with E-state index in [4.69, 9.17) is 9.47 Å². The molecule has 0 aliphatic carbocycles. The van der Waals surface area contributed by atoms with Gasteiger partial charge in [0.25, 0.3) is 0 Å². The molecule has 0 bridgehead atoms. The van der Waals surface area contributed by atoms with Crippen LogP contribution in [-0.2, 0) is 25.5 Å². The predicted molar refractivity (Wildman–Crippen MR) is 119 cm³/mol. The monoisotopic (exact) mass is 456 g/mol. The molecule has 1 aliphatic heterocycles. The number of ether oxygens (including phenoxy) is 2. The second-order valence-electron chi connectivity index (χ2n) is 7.91. The number of Topliss-reactive ketones (excluding diaryl/α,β-unsaturated/α-hetero) is 1. The van der Waals surface area contributed by atoms with E-state index in [2.05, 4.69) is 0 Å². The predicted octanol–water partition coefficient (Wildman–Crippen LogP) is 1.57. The number of hydrogen-bond acceptors (Lipinski definition) is 7. The third kappa shape index (κ3) is 7.05. The second kappa shape index (κ2) is 11.8. The van der Waals surface area contributed by atoms with Gasteiger partial charge >= 0.3 is 5.97 Å². The third-order valence-corrected chi connectivity index (χ3v) is 5.39. The summed E-state index contributed by atoms with van der Waals surface area (Å²) in [5, 5.41) is 39.4. The molecule has 1 fully saturated rings. The summed E-state index contributed by atoms with van der Waals surface area (Å²) in [5.74, 6) is -1.60. The largest absolute Gasteiger partial charge is 0.479 e. The SMILES string of the molecule is O=C(CCc1ccccc1)CC(/C=C/c1ccccc1)OC1OC(C(=O)O)C(O)C(O)C1O. The van der Waals surface area contributed by atoms with Crippen molar-refractivity contribution in [1.82, 2.24) is 0 Å². The highest BCUT2D eigenvalue weighted by Gasteiger charge is 2.48. The molecular weight excluding hydrogens is 428 g/mol. The zero-order valence-electron chi connectivity index (χ0n) is 17.9. The first-order chi connectivity index (χ1) is 15.8. The van der Waals surface area contributed by atoms with E-state index in [1.807, 2.05) is 60.7 Å². The fraction of sp³-hybridized carbons (Fsp3) is 0.360. The third-order valence-electron chi connectivity index (χ3n) is 5.39. The molecule has 0 amide bonds. The van der Waals surface area contributed by atoms with E-state index < -0.39 is 42.8 Å². The highest BCUT2D eigenvalue weighted by Crippen LogP contribution is 2.25. The van der Waals surface area contributed by atoms with Crippen LogP contribution in [0.2, 0.25) is 0 Å². The number of carbonyl (C=O) groups excluding carboxylic acids is 1. The van der Waals surface area contributed by atoms with Crippen molar-refractivity contribution in [3.05, 3.63) is 77.9 Å². The Hall–Kier alpha value is -2.88. The Balaban J connectivity index is 1.71. The number of hydrogen-bond donors (Lipinski definition) is 4. The molecule has 176 valence electrons. The van der Waals surface area contributed by atoms with Crippen molar-refractivity contribution < 1.29 is 39.5 Å². The maximum absolute atomic E-state index is 12.6. The molecule has 2 aromatic rings. The first-order valence-electron chi connectivity index (χ1n) is 10.7. The minimum absolute atomic E-state index is 0.0425. The Labute approximate surface area is 191 Å². The van der Waals surface area contributed by atoms with E-state index in [1.165, 1.54) is 0 Å². The summed E-state index contributed by atoms with van der Waals surface area (Å²) in [6.45, 7) is 0. The highest BCUT2D eigenvalue weighted by molar-refractivity contribution is 5.79. The van der Waals surface area contributed by atoms with Crippen molar-refractivity contribution in [1.29, 1.82) is 0 Å². The van der Waals surface area contributed by atoms with Crippen LogP contribution in [0, 0.1) is 0 Å². The molecule has 6 unspecified atom stereocenters. The number of aliphatic hydroxyl groups excluding tert-OH is 3. The van der Waals surface area contributed by atoms with Gasteiger partial charge in [0.2, 0.25) is 0 Å². The van der Waals surface area contributed by atoms with Crippen LogP contribution in [0.25, 0.3) is 6.08 Å². The Bertz CT molecular complexity index is 930. The van der Waals surface area contributed by atoms with Crippen molar-refractivity contribution in [2.75, 3.05) is 0 Å². The number of carbonyl (C=O) groups is 2. The molecule has 8 heteroatoms. The maximum atomic E-state index is 12.6. The summed E-state index contributed by atoms with van der Waals surface area (Å²) in [4.78, 5) is 24.0. The lowest BCUT2D eigenvalue weighted by atomic mass is 9.98. The van der Waals surface area contributed by atoms with Gasteiger partial charge in [-0.25, -0.2) is 4.79 Å². The van der Waals surface area contributed by atoms with Crippen molar-refractivity contribution in [2.45, 2.75) is 56.1 Å². The summed E-state index contributed by atoms with van der Waals surface area (Å²) in [6.07, 6.45) is -5.31. The van der Waals surface area contributed by atoms with Gasteiger partial charge < -0.3 is 29.9 Å². The van der Waals surface area contributed by atoms with Gasteiger partial charge in [0.1, 0.15) is 24.1 Å². The van der Waals surface area contributed by atoms with Gasteiger partial charge in [-0.2, -0.15) is 0 Å². The normalized spacial score (nSPS) is 26.2. The lowest BCUT2D eigenvalue weighted by Crippen LogP contribution is -2.60. The summed E-state index contributed by atoms with van der Waals surface area (Å²) in [7, 11) is 0. The Morgan fingerprint density at radius 3 is 2.21 bits per heavy atom. The van der Waals surface area contributed by atoms with E-state index in [-0.39, 0.29) is 18.6 Å². The average molecular weight is 456 g/mol. The van der Waals surface area contributed by atoms with Gasteiger partial charge in [-0.3, -0.25) is 4.79 Å². The van der Waals surface area contributed by atoms with Crippen molar-refractivity contribution in [3.63, 3.8) is 0 Å². The molecule has 6 atom stereocenters. The Morgan fingerprint density at radius 2 is 1.58 bits per heavy atom. The van der Waals surface area contributed by atoms with Gasteiger partial charge in [-0.15, -0.1) is 0 Å². The summed E-state index contributed by atoms with van der Waals surface area (Å²) in [5.41, 5.74) is 1.88. The molecule has 8 nitrogen and oxygen atoms in total. The minimum Gasteiger partial charge on any atom is -0.479 e. The number of ketones is 1. The molecule has 1 aliphatic rings. The zero-order valence-corrected chi connectivity index (χ0v) is 17.9. The molecule has 0 spiro atoms. The van der Waals surface area contributed by atoms with E-state index in [0.29, 0.717) is 6.42 Å². The van der Waals surface area contributed by atoms with Gasteiger partial charge in [0.05, 0.1) is 6.10 Å².